The van der Waals surface area contributed by atoms with Gasteiger partial charge in [0.15, 0.2) is 0 Å². The van der Waals surface area contributed by atoms with Crippen LogP contribution in [0.2, 0.25) is 0 Å². The number of hydrogen-bond acceptors (Lipinski definition) is 2. The maximum atomic E-state index is 10.8. The molecule has 0 unspecified atom stereocenters. The molecule has 0 radical (unpaired) electrons. The van der Waals surface area contributed by atoms with E-state index in [-0.39, 0.29) is 5.41 Å². The van der Waals surface area contributed by atoms with Crippen LogP contribution in [0.3, 0.4) is 0 Å². The lowest BCUT2D eigenvalue weighted by Crippen LogP contribution is -2.36. The van der Waals surface area contributed by atoms with Crippen molar-refractivity contribution >= 4 is 11.7 Å². The van der Waals surface area contributed by atoms with E-state index < -0.39 is 11.7 Å². The Hall–Kier alpha value is -0.860. The number of hydrogen-bond donors (Lipinski definition) is 1. The Kier molecular flexibility index (Phi) is 3.93. The highest BCUT2D eigenvalue weighted by Crippen LogP contribution is 2.17. The van der Waals surface area contributed by atoms with Gasteiger partial charge in [0.05, 0.1) is 0 Å². The van der Waals surface area contributed by atoms with E-state index in [9.17, 15) is 9.59 Å². The van der Waals surface area contributed by atoms with E-state index in [1.165, 1.54) is 6.92 Å². The van der Waals surface area contributed by atoms with Gasteiger partial charge >= 0.3 is 0 Å². The van der Waals surface area contributed by atoms with Crippen molar-refractivity contribution in [2.24, 2.45) is 5.41 Å². The van der Waals surface area contributed by atoms with E-state index in [1.807, 2.05) is 13.8 Å². The fourth-order valence-corrected chi connectivity index (χ4v) is 0.569. The molecule has 0 aliphatic rings. The van der Waals surface area contributed by atoms with Gasteiger partial charge in [0.25, 0.3) is 5.91 Å². The zero-order valence-electron chi connectivity index (χ0n) is 8.23. The van der Waals surface area contributed by atoms with Crippen LogP contribution in [-0.2, 0) is 9.59 Å². The zero-order valence-corrected chi connectivity index (χ0v) is 8.23. The normalized spacial score (nSPS) is 11.0. The molecule has 70 valence electrons. The van der Waals surface area contributed by atoms with E-state index >= 15 is 0 Å². The Balaban J connectivity index is 3.83. The molecule has 12 heavy (non-hydrogen) atoms. The molecule has 0 aliphatic heterocycles. The van der Waals surface area contributed by atoms with Crippen LogP contribution >= 0.6 is 0 Å². The first-order chi connectivity index (χ1) is 5.39. The monoisotopic (exact) mass is 171 g/mol. The van der Waals surface area contributed by atoms with Crippen LogP contribution in [0.5, 0.6) is 0 Å². The maximum absolute atomic E-state index is 10.8. The van der Waals surface area contributed by atoms with E-state index in [1.54, 1.807) is 0 Å². The summed E-state index contributed by atoms with van der Waals surface area (Å²) in [5, 5.41) is 2.58. The summed E-state index contributed by atoms with van der Waals surface area (Å²) in [6.07, 6.45) is 0.977. The van der Waals surface area contributed by atoms with Gasteiger partial charge < -0.3 is 5.32 Å². The third-order valence-electron chi connectivity index (χ3n) is 2.00. The van der Waals surface area contributed by atoms with E-state index in [0.29, 0.717) is 6.54 Å². The lowest BCUT2D eigenvalue weighted by molar-refractivity contribution is -0.136. The number of ketones is 1. The molecule has 1 amide bonds. The van der Waals surface area contributed by atoms with Gasteiger partial charge in [-0.3, -0.25) is 9.59 Å². The number of amides is 1. The Morgan fingerprint density at radius 2 is 1.83 bits per heavy atom. The SMILES string of the molecule is CCC(C)(C)CNC(=O)C(C)=O. The van der Waals surface area contributed by atoms with Crippen molar-refractivity contribution in [1.82, 2.24) is 5.32 Å². The Bertz CT molecular complexity index is 185. The first-order valence-corrected chi connectivity index (χ1v) is 4.18. The van der Waals surface area contributed by atoms with E-state index in [0.717, 1.165) is 6.42 Å². The van der Waals surface area contributed by atoms with Crippen molar-refractivity contribution in [2.75, 3.05) is 6.54 Å². The molecule has 0 aromatic carbocycles. The van der Waals surface area contributed by atoms with Crippen LogP contribution in [0.1, 0.15) is 34.1 Å². The highest BCUT2D eigenvalue weighted by molar-refractivity contribution is 6.35. The van der Waals surface area contributed by atoms with Crippen LogP contribution in [0.25, 0.3) is 0 Å². The molecule has 0 atom stereocenters. The van der Waals surface area contributed by atoms with Crippen molar-refractivity contribution in [2.45, 2.75) is 34.1 Å². The summed E-state index contributed by atoms with van der Waals surface area (Å²) in [5.41, 5.74) is 0.0745. The quantitative estimate of drug-likeness (QED) is 0.644. The van der Waals surface area contributed by atoms with Crippen molar-refractivity contribution < 1.29 is 9.59 Å². The van der Waals surface area contributed by atoms with Crippen molar-refractivity contribution in [3.05, 3.63) is 0 Å². The second-order valence-electron chi connectivity index (χ2n) is 3.76. The van der Waals surface area contributed by atoms with Gasteiger partial charge in [-0.1, -0.05) is 20.8 Å². The summed E-state index contributed by atoms with van der Waals surface area (Å²) < 4.78 is 0. The largest absolute Gasteiger partial charge is 0.349 e. The third-order valence-corrected chi connectivity index (χ3v) is 2.00. The molecule has 0 aliphatic carbocycles. The summed E-state index contributed by atoms with van der Waals surface area (Å²) in [5.74, 6) is -0.918. The molecule has 0 saturated carbocycles. The highest BCUT2D eigenvalue weighted by Gasteiger charge is 2.17. The van der Waals surface area contributed by atoms with Gasteiger partial charge in [0.2, 0.25) is 5.78 Å². The highest BCUT2D eigenvalue weighted by atomic mass is 16.2. The minimum Gasteiger partial charge on any atom is -0.349 e. The minimum absolute atomic E-state index is 0.0745. The van der Waals surface area contributed by atoms with Gasteiger partial charge in [-0.15, -0.1) is 0 Å². The molecule has 0 spiro atoms. The van der Waals surface area contributed by atoms with Crippen molar-refractivity contribution in [3.8, 4) is 0 Å². The van der Waals surface area contributed by atoms with Crippen LogP contribution in [0, 0.1) is 5.41 Å². The molecule has 3 heteroatoms. The second-order valence-corrected chi connectivity index (χ2v) is 3.76. The summed E-state index contributed by atoms with van der Waals surface area (Å²) in [6.45, 7) is 7.98. The predicted octanol–water partition coefficient (Wildman–Crippen LogP) is 1.13. The molecule has 1 N–H and O–H groups in total. The number of nitrogens with one attached hydrogen (secondary N) is 1. The molecule has 3 nitrogen and oxygen atoms in total. The fraction of sp³-hybridized carbons (Fsp3) is 0.778. The molecular formula is C9H17NO2. The minimum atomic E-state index is -0.489. The molecule has 0 saturated heterocycles. The zero-order chi connectivity index (χ0) is 9.78. The molecule has 0 aromatic heterocycles. The Morgan fingerprint density at radius 1 is 1.33 bits per heavy atom. The summed E-state index contributed by atoms with van der Waals surface area (Å²) >= 11 is 0. The van der Waals surface area contributed by atoms with Crippen LogP contribution in [-0.4, -0.2) is 18.2 Å². The molecule has 0 rings (SSSR count). The van der Waals surface area contributed by atoms with Crippen molar-refractivity contribution in [1.29, 1.82) is 0 Å². The molecule has 0 bridgehead atoms. The van der Waals surface area contributed by atoms with Crippen LogP contribution in [0.4, 0.5) is 0 Å². The van der Waals surface area contributed by atoms with Crippen LogP contribution in [0.15, 0.2) is 0 Å². The molecule has 0 aromatic rings. The number of rotatable bonds is 4. The average Bonchev–Trinajstić information content (AvgIpc) is 2.00. The van der Waals surface area contributed by atoms with Gasteiger partial charge in [0, 0.05) is 13.5 Å². The fourth-order valence-electron chi connectivity index (χ4n) is 0.569. The maximum Gasteiger partial charge on any atom is 0.287 e. The smallest absolute Gasteiger partial charge is 0.287 e. The standard InChI is InChI=1S/C9H17NO2/c1-5-9(3,4)6-10-8(12)7(2)11/h5-6H2,1-4H3,(H,10,12). The van der Waals surface area contributed by atoms with Crippen LogP contribution < -0.4 is 5.32 Å². The average molecular weight is 171 g/mol. The Morgan fingerprint density at radius 3 is 2.17 bits per heavy atom. The van der Waals surface area contributed by atoms with Gasteiger partial charge in [-0.05, 0) is 11.8 Å². The van der Waals surface area contributed by atoms with E-state index in [2.05, 4.69) is 12.2 Å². The third kappa shape index (κ3) is 4.11. The number of Topliss-reactive ketones (excluding diaryl/α,β-unsaturated/α-hetero) is 1. The summed E-state index contributed by atoms with van der Waals surface area (Å²) in [4.78, 5) is 21.4. The predicted molar refractivity (Wildman–Crippen MR) is 47.8 cm³/mol. The van der Waals surface area contributed by atoms with Gasteiger partial charge in [-0.25, -0.2) is 0 Å². The number of carbonyl (C=O) groups excluding carboxylic acids is 2. The first-order valence-electron chi connectivity index (χ1n) is 4.18. The Labute approximate surface area is 73.5 Å². The molecule has 0 heterocycles. The summed E-state index contributed by atoms with van der Waals surface area (Å²) in [7, 11) is 0. The topological polar surface area (TPSA) is 46.2 Å². The van der Waals surface area contributed by atoms with Gasteiger partial charge in [-0.2, -0.15) is 0 Å². The number of carbonyl (C=O) groups is 2. The first kappa shape index (κ1) is 11.1. The lowest BCUT2D eigenvalue weighted by atomic mass is 9.90. The summed E-state index contributed by atoms with van der Waals surface area (Å²) in [6, 6.07) is 0. The molecule has 0 fully saturated rings. The van der Waals surface area contributed by atoms with Gasteiger partial charge in [0.1, 0.15) is 0 Å². The van der Waals surface area contributed by atoms with Crippen molar-refractivity contribution in [3.63, 3.8) is 0 Å². The lowest BCUT2D eigenvalue weighted by Gasteiger charge is -2.22. The molecular weight excluding hydrogens is 154 g/mol. The second kappa shape index (κ2) is 4.24. The van der Waals surface area contributed by atoms with E-state index in [4.69, 9.17) is 0 Å².